The summed E-state index contributed by atoms with van der Waals surface area (Å²) in [6.45, 7) is 2.01. The van der Waals surface area contributed by atoms with E-state index in [-0.39, 0.29) is 5.96 Å². The summed E-state index contributed by atoms with van der Waals surface area (Å²) in [6, 6.07) is 7.72. The molecule has 0 spiro atoms. The average molecular weight is 193 g/mol. The summed E-state index contributed by atoms with van der Waals surface area (Å²) in [5.74, 6) is -0.134. The van der Waals surface area contributed by atoms with Crippen LogP contribution in [0, 0.1) is 12.3 Å². The summed E-state index contributed by atoms with van der Waals surface area (Å²) in [5.41, 5.74) is 7.19. The van der Waals surface area contributed by atoms with E-state index in [9.17, 15) is 0 Å². The third-order valence-electron chi connectivity index (χ3n) is 1.56. The summed E-state index contributed by atoms with van der Waals surface area (Å²) in [6.07, 6.45) is 0. The van der Waals surface area contributed by atoms with Crippen LogP contribution in [-0.4, -0.2) is 10.9 Å². The van der Waals surface area contributed by atoms with E-state index in [4.69, 9.17) is 23.4 Å². The van der Waals surface area contributed by atoms with Crippen molar-refractivity contribution in [2.24, 2.45) is 5.73 Å². The van der Waals surface area contributed by atoms with Crippen LogP contribution >= 0.6 is 12.2 Å². The van der Waals surface area contributed by atoms with Crippen LogP contribution in [0.5, 0.6) is 0 Å². The van der Waals surface area contributed by atoms with E-state index in [0.717, 1.165) is 5.56 Å². The van der Waals surface area contributed by atoms with Gasteiger partial charge in [0.1, 0.15) is 4.99 Å². The lowest BCUT2D eigenvalue weighted by molar-refractivity contribution is 1.26. The Morgan fingerprint density at radius 1 is 1.38 bits per heavy atom. The normalized spacial score (nSPS) is 9.31. The molecule has 0 aliphatic heterocycles. The summed E-state index contributed by atoms with van der Waals surface area (Å²) in [4.78, 5) is 0.479. The molecule has 0 amide bonds. The molecule has 0 heterocycles. The molecule has 4 heteroatoms. The molecule has 3 nitrogen and oxygen atoms in total. The van der Waals surface area contributed by atoms with Crippen molar-refractivity contribution in [1.82, 2.24) is 5.32 Å². The highest BCUT2D eigenvalue weighted by molar-refractivity contribution is 7.80. The van der Waals surface area contributed by atoms with Crippen LogP contribution in [0.1, 0.15) is 11.1 Å². The SMILES string of the molecule is Cc1ccc(C(=S)NC(=N)N)cc1. The molecular formula is C9H11N3S. The Morgan fingerprint density at radius 2 is 1.92 bits per heavy atom. The highest BCUT2D eigenvalue weighted by atomic mass is 32.1. The van der Waals surface area contributed by atoms with Gasteiger partial charge in [-0.1, -0.05) is 42.0 Å². The summed E-state index contributed by atoms with van der Waals surface area (Å²) < 4.78 is 0. The van der Waals surface area contributed by atoms with Crippen molar-refractivity contribution < 1.29 is 0 Å². The van der Waals surface area contributed by atoms with Crippen molar-refractivity contribution in [3.05, 3.63) is 35.4 Å². The number of benzene rings is 1. The van der Waals surface area contributed by atoms with Gasteiger partial charge in [0.25, 0.3) is 0 Å². The van der Waals surface area contributed by atoms with Crippen molar-refractivity contribution in [3.8, 4) is 0 Å². The highest BCUT2D eigenvalue weighted by Crippen LogP contribution is 2.03. The first-order valence-corrected chi connectivity index (χ1v) is 4.22. The van der Waals surface area contributed by atoms with Crippen molar-refractivity contribution in [1.29, 1.82) is 5.41 Å². The van der Waals surface area contributed by atoms with Crippen molar-refractivity contribution >= 4 is 23.2 Å². The Hall–Kier alpha value is -1.42. The molecule has 68 valence electrons. The van der Waals surface area contributed by atoms with Crippen LogP contribution < -0.4 is 11.1 Å². The number of guanidine groups is 1. The molecule has 0 aliphatic rings. The van der Waals surface area contributed by atoms with Crippen molar-refractivity contribution in [2.75, 3.05) is 0 Å². The molecule has 0 atom stereocenters. The Kier molecular flexibility index (Phi) is 2.97. The number of thiocarbonyl (C=S) groups is 1. The van der Waals surface area contributed by atoms with Gasteiger partial charge in [-0.15, -0.1) is 0 Å². The summed E-state index contributed by atoms with van der Waals surface area (Å²) in [5, 5.41) is 9.57. The van der Waals surface area contributed by atoms with E-state index in [1.54, 1.807) is 0 Å². The number of hydrogen-bond donors (Lipinski definition) is 3. The molecule has 0 bridgehead atoms. The molecular weight excluding hydrogens is 182 g/mol. The Bertz CT molecular complexity index is 329. The molecule has 0 fully saturated rings. The van der Waals surface area contributed by atoms with Gasteiger partial charge in [0.05, 0.1) is 0 Å². The Balaban J connectivity index is 2.78. The molecule has 0 saturated heterocycles. The third-order valence-corrected chi connectivity index (χ3v) is 1.90. The van der Waals surface area contributed by atoms with Gasteiger partial charge in [-0.05, 0) is 6.92 Å². The molecule has 13 heavy (non-hydrogen) atoms. The van der Waals surface area contributed by atoms with Gasteiger partial charge >= 0.3 is 0 Å². The topological polar surface area (TPSA) is 61.9 Å². The number of hydrogen-bond acceptors (Lipinski definition) is 2. The quantitative estimate of drug-likeness (QED) is 0.356. The van der Waals surface area contributed by atoms with Gasteiger partial charge in [0, 0.05) is 5.56 Å². The number of nitrogens with one attached hydrogen (secondary N) is 2. The molecule has 0 unspecified atom stereocenters. The predicted molar refractivity (Wildman–Crippen MR) is 57.9 cm³/mol. The zero-order valence-electron chi connectivity index (χ0n) is 7.29. The van der Waals surface area contributed by atoms with Crippen LogP contribution in [0.4, 0.5) is 0 Å². The summed E-state index contributed by atoms with van der Waals surface area (Å²) >= 11 is 5.01. The maximum absolute atomic E-state index is 7.00. The second kappa shape index (κ2) is 4.00. The fourth-order valence-corrected chi connectivity index (χ4v) is 1.15. The van der Waals surface area contributed by atoms with Gasteiger partial charge in [-0.25, -0.2) is 0 Å². The highest BCUT2D eigenvalue weighted by Gasteiger charge is 1.99. The fourth-order valence-electron chi connectivity index (χ4n) is 0.899. The second-order valence-electron chi connectivity index (χ2n) is 2.73. The molecule has 0 aromatic heterocycles. The van der Waals surface area contributed by atoms with E-state index in [0.29, 0.717) is 4.99 Å². The first-order chi connectivity index (χ1) is 6.09. The molecule has 1 rings (SSSR count). The summed E-state index contributed by atoms with van der Waals surface area (Å²) in [7, 11) is 0. The Morgan fingerprint density at radius 3 is 2.38 bits per heavy atom. The monoisotopic (exact) mass is 193 g/mol. The van der Waals surface area contributed by atoms with Gasteiger partial charge in [0.2, 0.25) is 0 Å². The zero-order valence-corrected chi connectivity index (χ0v) is 8.11. The van der Waals surface area contributed by atoms with E-state index >= 15 is 0 Å². The van der Waals surface area contributed by atoms with Gasteiger partial charge < -0.3 is 11.1 Å². The minimum atomic E-state index is -0.134. The van der Waals surface area contributed by atoms with Crippen LogP contribution in [0.15, 0.2) is 24.3 Å². The maximum atomic E-state index is 7.00. The fraction of sp³-hybridized carbons (Fsp3) is 0.111. The van der Waals surface area contributed by atoms with Crippen LogP contribution in [0.25, 0.3) is 0 Å². The molecule has 0 aliphatic carbocycles. The number of rotatable bonds is 1. The standard InChI is InChI=1S/C9H11N3S/c1-6-2-4-7(5-3-6)8(13)12-9(10)11/h2-5H,1H3,(H4,10,11,12,13). The van der Waals surface area contributed by atoms with Crippen LogP contribution in [0.3, 0.4) is 0 Å². The molecule has 0 saturated carbocycles. The Labute approximate surface area is 82.5 Å². The first-order valence-electron chi connectivity index (χ1n) is 3.81. The van der Waals surface area contributed by atoms with E-state index in [2.05, 4.69) is 5.32 Å². The van der Waals surface area contributed by atoms with E-state index < -0.39 is 0 Å². The number of aryl methyl sites for hydroxylation is 1. The second-order valence-corrected chi connectivity index (χ2v) is 3.14. The molecule has 0 radical (unpaired) electrons. The smallest absolute Gasteiger partial charge is 0.190 e. The molecule has 1 aromatic rings. The van der Waals surface area contributed by atoms with Gasteiger partial charge in [-0.3, -0.25) is 5.41 Å². The minimum absolute atomic E-state index is 0.134. The number of nitrogens with two attached hydrogens (primary N) is 1. The van der Waals surface area contributed by atoms with Gasteiger partial charge in [-0.2, -0.15) is 0 Å². The van der Waals surface area contributed by atoms with Crippen LogP contribution in [-0.2, 0) is 0 Å². The minimum Gasteiger partial charge on any atom is -0.370 e. The van der Waals surface area contributed by atoms with Crippen molar-refractivity contribution in [2.45, 2.75) is 6.92 Å². The lowest BCUT2D eigenvalue weighted by Crippen LogP contribution is -2.34. The maximum Gasteiger partial charge on any atom is 0.190 e. The molecule has 1 aromatic carbocycles. The van der Waals surface area contributed by atoms with E-state index in [1.807, 2.05) is 31.2 Å². The lowest BCUT2D eigenvalue weighted by Gasteiger charge is -2.05. The first kappa shape index (κ1) is 9.67. The largest absolute Gasteiger partial charge is 0.370 e. The average Bonchev–Trinajstić information content (AvgIpc) is 2.04. The van der Waals surface area contributed by atoms with Crippen LogP contribution in [0.2, 0.25) is 0 Å². The predicted octanol–water partition coefficient (Wildman–Crippen LogP) is 1.15. The lowest BCUT2D eigenvalue weighted by atomic mass is 10.1. The molecule has 4 N–H and O–H groups in total. The van der Waals surface area contributed by atoms with Gasteiger partial charge in [0.15, 0.2) is 5.96 Å². The zero-order chi connectivity index (χ0) is 9.84. The van der Waals surface area contributed by atoms with E-state index in [1.165, 1.54) is 5.56 Å². The van der Waals surface area contributed by atoms with Crippen molar-refractivity contribution in [3.63, 3.8) is 0 Å². The third kappa shape index (κ3) is 2.83.